The molecule has 0 bridgehead atoms. The predicted molar refractivity (Wildman–Crippen MR) is 150 cm³/mol. The van der Waals surface area contributed by atoms with E-state index in [9.17, 15) is 14.7 Å². The predicted octanol–water partition coefficient (Wildman–Crippen LogP) is 4.86. The summed E-state index contributed by atoms with van der Waals surface area (Å²) in [6.07, 6.45) is 5.89. The number of carboxylic acid groups (broad SMARTS) is 1. The molecule has 2 N–H and O–H groups in total. The van der Waals surface area contributed by atoms with Crippen molar-refractivity contribution in [3.8, 4) is 11.5 Å². The van der Waals surface area contributed by atoms with Gasteiger partial charge in [-0.05, 0) is 63.3 Å². The maximum absolute atomic E-state index is 12.6. The van der Waals surface area contributed by atoms with Crippen molar-refractivity contribution in [2.75, 3.05) is 29.9 Å². The van der Waals surface area contributed by atoms with E-state index >= 15 is 0 Å². The van der Waals surface area contributed by atoms with Gasteiger partial charge in [-0.3, -0.25) is 14.6 Å². The van der Waals surface area contributed by atoms with Gasteiger partial charge in [0.2, 0.25) is 5.91 Å². The maximum Gasteiger partial charge on any atom is 0.313 e. The molecule has 1 amide bonds. The monoisotopic (exact) mass is 532 g/mol. The molecule has 1 aromatic heterocycles. The molecule has 1 aliphatic rings. The number of carbonyl (C=O) groups is 2. The lowest BCUT2D eigenvalue weighted by atomic mass is 9.84. The van der Waals surface area contributed by atoms with E-state index in [0.717, 1.165) is 42.0 Å². The minimum absolute atomic E-state index is 0.0205. The highest BCUT2D eigenvalue weighted by Crippen LogP contribution is 2.30. The minimum atomic E-state index is -0.964. The summed E-state index contributed by atoms with van der Waals surface area (Å²) in [5, 5.41) is 12.3. The molecule has 0 unspecified atom stereocenters. The Kier molecular flexibility index (Phi) is 9.01. The van der Waals surface area contributed by atoms with E-state index in [1.807, 2.05) is 43.3 Å². The lowest BCUT2D eigenvalue weighted by molar-refractivity contribution is -0.142. The van der Waals surface area contributed by atoms with Crippen molar-refractivity contribution in [2.24, 2.45) is 0 Å². The first-order chi connectivity index (χ1) is 18.8. The number of nitrogens with zero attached hydrogens (tertiary/aromatic N) is 3. The number of aromatic nitrogens is 2. The van der Waals surface area contributed by atoms with Gasteiger partial charge in [0.15, 0.2) is 17.3 Å². The van der Waals surface area contributed by atoms with E-state index in [2.05, 4.69) is 20.2 Å². The Balaban J connectivity index is 1.32. The standard InChI is InChI=1S/C30H36N4O5/c1-4-38-24-9-5-6-10-25(24)39-23-8-7-17-34(20-23)27-19-31-18-26(32-27)33-28(35)16-13-21-11-14-22(15-12-21)30(2,3)29(36)37/h5-6,9-12,14-15,18-19,23H,4,7-8,13,16-17,20H2,1-3H3,(H,36,37)(H,32,33,35)/t23-/m1/s1. The molecular weight excluding hydrogens is 496 g/mol. The van der Waals surface area contributed by atoms with Crippen molar-refractivity contribution >= 4 is 23.5 Å². The van der Waals surface area contributed by atoms with Crippen LogP contribution in [0.3, 0.4) is 0 Å². The van der Waals surface area contributed by atoms with Crippen molar-refractivity contribution in [2.45, 2.75) is 58.0 Å². The summed E-state index contributed by atoms with van der Waals surface area (Å²) in [6, 6.07) is 15.1. The number of hydrogen-bond donors (Lipinski definition) is 2. The molecule has 0 saturated carbocycles. The van der Waals surface area contributed by atoms with Crippen molar-refractivity contribution < 1.29 is 24.2 Å². The van der Waals surface area contributed by atoms with Gasteiger partial charge < -0.3 is 24.8 Å². The quantitative estimate of drug-likeness (QED) is 0.360. The van der Waals surface area contributed by atoms with Crippen molar-refractivity contribution in [3.05, 3.63) is 72.1 Å². The van der Waals surface area contributed by atoms with Crippen LogP contribution in [0.2, 0.25) is 0 Å². The first-order valence-corrected chi connectivity index (χ1v) is 13.3. The molecule has 4 rings (SSSR count). The lowest BCUT2D eigenvalue weighted by Gasteiger charge is -2.33. The summed E-state index contributed by atoms with van der Waals surface area (Å²) >= 11 is 0. The Labute approximate surface area is 229 Å². The van der Waals surface area contributed by atoms with Gasteiger partial charge in [-0.25, -0.2) is 4.98 Å². The van der Waals surface area contributed by atoms with Gasteiger partial charge in [-0.1, -0.05) is 36.4 Å². The lowest BCUT2D eigenvalue weighted by Crippen LogP contribution is -2.41. The summed E-state index contributed by atoms with van der Waals surface area (Å²) in [5.41, 5.74) is 0.716. The van der Waals surface area contributed by atoms with Gasteiger partial charge in [-0.2, -0.15) is 0 Å². The number of aryl methyl sites for hydroxylation is 1. The van der Waals surface area contributed by atoms with Crippen molar-refractivity contribution in [1.82, 2.24) is 9.97 Å². The van der Waals surface area contributed by atoms with Crippen LogP contribution in [-0.4, -0.2) is 52.8 Å². The van der Waals surface area contributed by atoms with Crippen LogP contribution in [0.5, 0.6) is 11.5 Å². The number of amides is 1. The maximum atomic E-state index is 12.6. The number of ether oxygens (including phenoxy) is 2. The molecule has 9 nitrogen and oxygen atoms in total. The topological polar surface area (TPSA) is 114 Å². The van der Waals surface area contributed by atoms with Crippen LogP contribution in [0, 0.1) is 0 Å². The average Bonchev–Trinajstić information content (AvgIpc) is 2.93. The molecule has 2 heterocycles. The van der Waals surface area contributed by atoms with Crippen LogP contribution >= 0.6 is 0 Å². The van der Waals surface area contributed by atoms with Crippen LogP contribution in [0.1, 0.15) is 51.2 Å². The SMILES string of the molecule is CCOc1ccccc1O[C@@H]1CCCN(c2cncc(NC(=O)CCc3ccc(C(C)(C)C(=O)O)cc3)n2)C1. The fourth-order valence-electron chi connectivity index (χ4n) is 4.49. The summed E-state index contributed by atoms with van der Waals surface area (Å²) in [5.74, 6) is 1.53. The number of nitrogens with one attached hydrogen (secondary N) is 1. The summed E-state index contributed by atoms with van der Waals surface area (Å²) in [7, 11) is 0. The molecule has 39 heavy (non-hydrogen) atoms. The highest BCUT2D eigenvalue weighted by Gasteiger charge is 2.29. The van der Waals surface area contributed by atoms with Gasteiger partial charge >= 0.3 is 5.97 Å². The highest BCUT2D eigenvalue weighted by molar-refractivity contribution is 5.89. The number of para-hydroxylation sites is 2. The Bertz CT molecular complexity index is 1280. The Morgan fingerprint density at radius 2 is 1.85 bits per heavy atom. The number of anilines is 2. The third-order valence-electron chi connectivity index (χ3n) is 6.89. The Morgan fingerprint density at radius 1 is 1.10 bits per heavy atom. The van der Waals surface area contributed by atoms with Crippen LogP contribution in [0.4, 0.5) is 11.6 Å². The van der Waals surface area contributed by atoms with Gasteiger partial charge in [0.1, 0.15) is 11.9 Å². The number of rotatable bonds is 11. The second-order valence-electron chi connectivity index (χ2n) is 10.1. The number of hydrogen-bond acceptors (Lipinski definition) is 7. The van der Waals surface area contributed by atoms with Crippen LogP contribution in [-0.2, 0) is 21.4 Å². The smallest absolute Gasteiger partial charge is 0.313 e. The van der Waals surface area contributed by atoms with Gasteiger partial charge in [-0.15, -0.1) is 0 Å². The van der Waals surface area contributed by atoms with Gasteiger partial charge in [0.05, 0.1) is 31.0 Å². The zero-order valence-corrected chi connectivity index (χ0v) is 22.7. The molecule has 2 aromatic carbocycles. The van der Waals surface area contributed by atoms with E-state index in [1.165, 1.54) is 0 Å². The number of aliphatic carboxylic acids is 1. The second kappa shape index (κ2) is 12.6. The summed E-state index contributed by atoms with van der Waals surface area (Å²) in [6.45, 7) is 7.35. The van der Waals surface area contributed by atoms with Crippen LogP contribution in [0.25, 0.3) is 0 Å². The minimum Gasteiger partial charge on any atom is -0.490 e. The van der Waals surface area contributed by atoms with E-state index in [1.54, 1.807) is 38.4 Å². The number of piperidine rings is 1. The molecule has 0 spiro atoms. The third-order valence-corrected chi connectivity index (χ3v) is 6.89. The summed E-state index contributed by atoms with van der Waals surface area (Å²) < 4.78 is 12.0. The largest absolute Gasteiger partial charge is 0.490 e. The molecule has 3 aromatic rings. The Hall–Kier alpha value is -4.14. The Morgan fingerprint density at radius 3 is 2.56 bits per heavy atom. The zero-order valence-electron chi connectivity index (χ0n) is 22.7. The van der Waals surface area contributed by atoms with E-state index in [-0.39, 0.29) is 18.4 Å². The van der Waals surface area contributed by atoms with E-state index in [4.69, 9.17) is 9.47 Å². The molecule has 206 valence electrons. The van der Waals surface area contributed by atoms with Crippen molar-refractivity contribution in [1.29, 1.82) is 0 Å². The number of carboxylic acids is 1. The highest BCUT2D eigenvalue weighted by atomic mass is 16.5. The molecule has 1 aliphatic heterocycles. The fraction of sp³-hybridized carbons (Fsp3) is 0.400. The molecule has 1 atom stereocenters. The molecule has 1 fully saturated rings. The second-order valence-corrected chi connectivity index (χ2v) is 10.1. The first-order valence-electron chi connectivity index (χ1n) is 13.3. The van der Waals surface area contributed by atoms with Gasteiger partial charge in [0.25, 0.3) is 0 Å². The number of carbonyl (C=O) groups excluding carboxylic acids is 1. The molecular formula is C30H36N4O5. The molecule has 9 heteroatoms. The summed E-state index contributed by atoms with van der Waals surface area (Å²) in [4.78, 5) is 35.1. The number of benzene rings is 2. The van der Waals surface area contributed by atoms with Crippen molar-refractivity contribution in [3.63, 3.8) is 0 Å². The normalized spacial score (nSPS) is 15.5. The zero-order chi connectivity index (χ0) is 27.8. The molecule has 0 aliphatic carbocycles. The van der Waals surface area contributed by atoms with E-state index in [0.29, 0.717) is 31.2 Å². The van der Waals surface area contributed by atoms with E-state index < -0.39 is 11.4 Å². The van der Waals surface area contributed by atoms with Crippen LogP contribution in [0.15, 0.2) is 60.9 Å². The third kappa shape index (κ3) is 7.25. The molecule has 1 saturated heterocycles. The van der Waals surface area contributed by atoms with Crippen LogP contribution < -0.4 is 19.7 Å². The first kappa shape index (κ1) is 27.9. The average molecular weight is 533 g/mol. The van der Waals surface area contributed by atoms with Gasteiger partial charge in [0, 0.05) is 13.0 Å². The molecule has 0 radical (unpaired) electrons. The fourth-order valence-corrected chi connectivity index (χ4v) is 4.49.